The van der Waals surface area contributed by atoms with Crippen LogP contribution >= 0.6 is 0 Å². The van der Waals surface area contributed by atoms with Crippen molar-refractivity contribution >= 4 is 17.0 Å². The van der Waals surface area contributed by atoms with Crippen molar-refractivity contribution in [1.82, 2.24) is 9.97 Å². The summed E-state index contributed by atoms with van der Waals surface area (Å²) in [5.41, 5.74) is 0.688. The third kappa shape index (κ3) is 1.63. The van der Waals surface area contributed by atoms with Crippen molar-refractivity contribution in [3.63, 3.8) is 0 Å². The molecule has 2 heterocycles. The third-order valence-corrected chi connectivity index (χ3v) is 2.04. The van der Waals surface area contributed by atoms with Gasteiger partial charge in [-0.3, -0.25) is 4.79 Å². The minimum Gasteiger partial charge on any atom is -0.461 e. The maximum atomic E-state index is 11.4. The summed E-state index contributed by atoms with van der Waals surface area (Å²) in [6.45, 7) is 2.04. The molecule has 2 rings (SSSR count). The van der Waals surface area contributed by atoms with Crippen molar-refractivity contribution in [3.05, 3.63) is 34.2 Å². The fourth-order valence-electron chi connectivity index (χ4n) is 1.37. The molecular weight excluding hydrogens is 196 g/mol. The summed E-state index contributed by atoms with van der Waals surface area (Å²) in [7, 11) is 0. The van der Waals surface area contributed by atoms with E-state index in [1.54, 1.807) is 6.92 Å². The average Bonchev–Trinajstić information content (AvgIpc) is 2.63. The molecular formula is C10H10N2O3. The monoisotopic (exact) mass is 206 g/mol. The van der Waals surface area contributed by atoms with Crippen LogP contribution in [0.25, 0.3) is 11.0 Å². The topological polar surface area (TPSA) is 75.0 Å². The van der Waals surface area contributed by atoms with Gasteiger partial charge in [0.25, 0.3) is 0 Å². The quantitative estimate of drug-likeness (QED) is 0.720. The Morgan fingerprint density at radius 2 is 2.33 bits per heavy atom. The molecule has 78 valence electrons. The van der Waals surface area contributed by atoms with Crippen molar-refractivity contribution < 1.29 is 9.53 Å². The molecule has 0 unspecified atom stereocenters. The van der Waals surface area contributed by atoms with E-state index in [0.717, 1.165) is 0 Å². The molecule has 0 spiro atoms. The Kier molecular flexibility index (Phi) is 2.29. The zero-order chi connectivity index (χ0) is 10.8. The van der Waals surface area contributed by atoms with E-state index >= 15 is 0 Å². The highest BCUT2D eigenvalue weighted by Crippen LogP contribution is 2.09. The number of nitrogens with one attached hydrogen (secondary N) is 2. The average molecular weight is 206 g/mol. The fraction of sp³-hybridized carbons (Fsp3) is 0.200. The molecule has 2 aromatic rings. The molecule has 0 fully saturated rings. The summed E-state index contributed by atoms with van der Waals surface area (Å²) in [6.07, 6.45) is 1.52. The van der Waals surface area contributed by atoms with Gasteiger partial charge < -0.3 is 14.7 Å². The molecule has 0 bridgehead atoms. The van der Waals surface area contributed by atoms with Gasteiger partial charge in [-0.05, 0) is 13.0 Å². The maximum absolute atomic E-state index is 11.4. The lowest BCUT2D eigenvalue weighted by atomic mass is 10.3. The summed E-state index contributed by atoms with van der Waals surface area (Å²) in [6, 6.07) is 2.90. The Labute approximate surface area is 85.1 Å². The van der Waals surface area contributed by atoms with Crippen LogP contribution in [0.4, 0.5) is 0 Å². The standard InChI is InChI=1S/C10H10N2O3/c1-2-15-10(14)7-5-6-8(13)3-4-11-9(6)12-7/h3-5H,2H2,1H3,(H2,11,12,13). The van der Waals surface area contributed by atoms with Gasteiger partial charge in [-0.15, -0.1) is 0 Å². The second-order valence-corrected chi connectivity index (χ2v) is 3.03. The number of aromatic nitrogens is 2. The number of H-pyrrole nitrogens is 2. The molecule has 0 radical (unpaired) electrons. The molecule has 0 aliphatic heterocycles. The third-order valence-electron chi connectivity index (χ3n) is 2.04. The van der Waals surface area contributed by atoms with Crippen molar-refractivity contribution in [2.75, 3.05) is 6.61 Å². The van der Waals surface area contributed by atoms with E-state index in [2.05, 4.69) is 9.97 Å². The zero-order valence-corrected chi connectivity index (χ0v) is 8.16. The fourth-order valence-corrected chi connectivity index (χ4v) is 1.37. The predicted octanol–water partition coefficient (Wildman–Crippen LogP) is 1.03. The SMILES string of the molecule is CCOC(=O)c1cc2c(=O)cc[nH]c2[nH]1. The lowest BCUT2D eigenvalue weighted by Crippen LogP contribution is -2.04. The van der Waals surface area contributed by atoms with Gasteiger partial charge in [0.05, 0.1) is 12.0 Å². The molecule has 0 aromatic carbocycles. The largest absolute Gasteiger partial charge is 0.461 e. The first-order chi connectivity index (χ1) is 7.22. The first-order valence-electron chi connectivity index (χ1n) is 4.60. The van der Waals surface area contributed by atoms with E-state index in [0.29, 0.717) is 17.6 Å². The second kappa shape index (κ2) is 3.61. The Bertz CT molecular complexity index is 553. The van der Waals surface area contributed by atoms with Crippen LogP contribution in [0.5, 0.6) is 0 Å². The van der Waals surface area contributed by atoms with E-state index in [1.165, 1.54) is 18.3 Å². The van der Waals surface area contributed by atoms with E-state index in [4.69, 9.17) is 4.74 Å². The Hall–Kier alpha value is -2.04. The molecule has 0 atom stereocenters. The molecule has 2 aromatic heterocycles. The van der Waals surface area contributed by atoms with Gasteiger partial charge >= 0.3 is 5.97 Å². The van der Waals surface area contributed by atoms with Crippen LogP contribution in [0.15, 0.2) is 23.1 Å². The molecule has 0 aliphatic rings. The summed E-state index contributed by atoms with van der Waals surface area (Å²) >= 11 is 0. The van der Waals surface area contributed by atoms with Gasteiger partial charge in [0.2, 0.25) is 0 Å². The van der Waals surface area contributed by atoms with Crippen LogP contribution in [0.2, 0.25) is 0 Å². The number of pyridine rings is 1. The van der Waals surface area contributed by atoms with Crippen LogP contribution in [-0.4, -0.2) is 22.5 Å². The van der Waals surface area contributed by atoms with E-state index in [-0.39, 0.29) is 11.1 Å². The highest BCUT2D eigenvalue weighted by molar-refractivity contribution is 5.93. The predicted molar refractivity (Wildman–Crippen MR) is 54.9 cm³/mol. The number of hydrogen-bond acceptors (Lipinski definition) is 3. The van der Waals surface area contributed by atoms with Gasteiger partial charge in [0.1, 0.15) is 11.3 Å². The minimum atomic E-state index is -0.457. The molecule has 0 saturated heterocycles. The molecule has 15 heavy (non-hydrogen) atoms. The van der Waals surface area contributed by atoms with E-state index in [1.807, 2.05) is 0 Å². The van der Waals surface area contributed by atoms with E-state index in [9.17, 15) is 9.59 Å². The van der Waals surface area contributed by atoms with Crippen molar-refractivity contribution in [1.29, 1.82) is 0 Å². The van der Waals surface area contributed by atoms with Crippen LogP contribution in [-0.2, 0) is 4.74 Å². The number of ether oxygens (including phenoxy) is 1. The maximum Gasteiger partial charge on any atom is 0.354 e. The number of carbonyl (C=O) groups excluding carboxylic acids is 1. The van der Waals surface area contributed by atoms with Gasteiger partial charge in [-0.1, -0.05) is 0 Å². The van der Waals surface area contributed by atoms with Crippen molar-refractivity contribution in [2.24, 2.45) is 0 Å². The highest BCUT2D eigenvalue weighted by atomic mass is 16.5. The van der Waals surface area contributed by atoms with Gasteiger partial charge in [0.15, 0.2) is 5.43 Å². The van der Waals surface area contributed by atoms with Gasteiger partial charge in [0, 0.05) is 12.3 Å². The van der Waals surface area contributed by atoms with Crippen molar-refractivity contribution in [2.45, 2.75) is 6.92 Å². The second-order valence-electron chi connectivity index (χ2n) is 3.03. The lowest BCUT2D eigenvalue weighted by molar-refractivity contribution is 0.0520. The number of rotatable bonds is 2. The van der Waals surface area contributed by atoms with Crippen LogP contribution in [0.3, 0.4) is 0 Å². The van der Waals surface area contributed by atoms with Crippen LogP contribution in [0, 0.1) is 0 Å². The Morgan fingerprint density at radius 3 is 3.00 bits per heavy atom. The molecule has 0 saturated carbocycles. The van der Waals surface area contributed by atoms with Crippen LogP contribution < -0.4 is 5.43 Å². The summed E-state index contributed by atoms with van der Waals surface area (Å²) in [4.78, 5) is 28.4. The molecule has 0 aliphatic carbocycles. The minimum absolute atomic E-state index is 0.129. The summed E-state index contributed by atoms with van der Waals surface area (Å²) in [5, 5.41) is 0.459. The molecule has 5 nitrogen and oxygen atoms in total. The lowest BCUT2D eigenvalue weighted by Gasteiger charge is -1.96. The first-order valence-corrected chi connectivity index (χ1v) is 4.60. The number of carbonyl (C=O) groups is 1. The summed E-state index contributed by atoms with van der Waals surface area (Å²) in [5.74, 6) is -0.457. The van der Waals surface area contributed by atoms with E-state index < -0.39 is 5.97 Å². The van der Waals surface area contributed by atoms with Gasteiger partial charge in [-0.25, -0.2) is 4.79 Å². The number of esters is 1. The Morgan fingerprint density at radius 1 is 1.53 bits per heavy atom. The number of aromatic amines is 2. The molecule has 5 heteroatoms. The number of hydrogen-bond donors (Lipinski definition) is 2. The highest BCUT2D eigenvalue weighted by Gasteiger charge is 2.11. The first kappa shape index (κ1) is 9.51. The molecule has 2 N–H and O–H groups in total. The van der Waals surface area contributed by atoms with Gasteiger partial charge in [-0.2, -0.15) is 0 Å². The van der Waals surface area contributed by atoms with Crippen LogP contribution in [0.1, 0.15) is 17.4 Å². The summed E-state index contributed by atoms with van der Waals surface area (Å²) < 4.78 is 4.81. The normalized spacial score (nSPS) is 10.5. The molecule has 0 amide bonds. The zero-order valence-electron chi connectivity index (χ0n) is 8.16. The number of fused-ring (bicyclic) bond motifs is 1. The Balaban J connectivity index is 2.52. The smallest absolute Gasteiger partial charge is 0.354 e. The van der Waals surface area contributed by atoms with Crippen molar-refractivity contribution in [3.8, 4) is 0 Å².